The van der Waals surface area contributed by atoms with Crippen molar-refractivity contribution >= 4 is 43.2 Å². The van der Waals surface area contributed by atoms with Crippen LogP contribution < -0.4 is 10.1 Å². The van der Waals surface area contributed by atoms with Gasteiger partial charge in [-0.2, -0.15) is 0 Å². The molecule has 0 aliphatic heterocycles. The van der Waals surface area contributed by atoms with Gasteiger partial charge in [0.25, 0.3) is 0 Å². The number of nitrogens with one attached hydrogen (secondary N) is 1. The lowest BCUT2D eigenvalue weighted by atomic mass is 10.2. The predicted molar refractivity (Wildman–Crippen MR) is 91.9 cm³/mol. The van der Waals surface area contributed by atoms with E-state index in [1.54, 1.807) is 24.0 Å². The van der Waals surface area contributed by atoms with E-state index >= 15 is 0 Å². The average Bonchev–Trinajstić information content (AvgIpc) is 2.96. The van der Waals surface area contributed by atoms with Gasteiger partial charge in [0.2, 0.25) is 0 Å². The summed E-state index contributed by atoms with van der Waals surface area (Å²) in [5.41, 5.74) is 3.91. The van der Waals surface area contributed by atoms with Gasteiger partial charge in [-0.3, -0.25) is 0 Å². The zero-order chi connectivity index (χ0) is 15.1. The average molecular weight is 436 g/mol. The number of aromatic nitrogens is 1. The highest BCUT2D eigenvalue weighted by molar-refractivity contribution is 9.11. The van der Waals surface area contributed by atoms with E-state index in [4.69, 9.17) is 9.47 Å². The molecule has 114 valence electrons. The van der Waals surface area contributed by atoms with Crippen LogP contribution in [0.15, 0.2) is 32.0 Å². The number of halogens is 2. The fraction of sp³-hybridized carbons (Fsp3) is 0.357. The first-order valence-corrected chi connectivity index (χ1v) is 8.91. The smallest absolute Gasteiger partial charge is 0.148 e. The summed E-state index contributed by atoms with van der Waals surface area (Å²) in [6, 6.07) is 4.11. The number of rotatable bonds is 8. The molecule has 0 saturated heterocycles. The van der Waals surface area contributed by atoms with Gasteiger partial charge in [-0.25, -0.2) is 4.98 Å². The van der Waals surface area contributed by atoms with E-state index in [0.717, 1.165) is 33.5 Å². The Morgan fingerprint density at radius 2 is 2.05 bits per heavy atom. The van der Waals surface area contributed by atoms with Gasteiger partial charge in [0.15, 0.2) is 0 Å². The van der Waals surface area contributed by atoms with E-state index in [2.05, 4.69) is 54.3 Å². The molecule has 0 aliphatic rings. The van der Waals surface area contributed by atoms with Gasteiger partial charge in [-0.1, -0.05) is 0 Å². The Balaban J connectivity index is 1.96. The maximum absolute atomic E-state index is 5.82. The van der Waals surface area contributed by atoms with E-state index < -0.39 is 0 Å². The zero-order valence-electron chi connectivity index (χ0n) is 11.6. The summed E-state index contributed by atoms with van der Waals surface area (Å²) in [4.78, 5) is 4.21. The number of ether oxygens (including phenoxy) is 2. The van der Waals surface area contributed by atoms with Gasteiger partial charge in [0, 0.05) is 25.6 Å². The normalized spacial score (nSPS) is 10.8. The molecule has 0 spiro atoms. The molecule has 1 aromatic carbocycles. The molecule has 2 aromatic rings. The van der Waals surface area contributed by atoms with Crippen molar-refractivity contribution in [3.05, 3.63) is 43.2 Å². The van der Waals surface area contributed by atoms with Crippen LogP contribution in [0.3, 0.4) is 0 Å². The van der Waals surface area contributed by atoms with Gasteiger partial charge in [0.1, 0.15) is 12.4 Å². The van der Waals surface area contributed by atoms with Crippen molar-refractivity contribution in [1.82, 2.24) is 10.3 Å². The number of thiazole rings is 1. The van der Waals surface area contributed by atoms with Crippen LogP contribution in [-0.4, -0.2) is 25.2 Å². The topological polar surface area (TPSA) is 43.4 Å². The number of nitrogens with zero attached hydrogens (tertiary/aromatic N) is 1. The molecule has 0 radical (unpaired) electrons. The lowest BCUT2D eigenvalue weighted by molar-refractivity contribution is 0.199. The quantitative estimate of drug-likeness (QED) is 0.636. The summed E-state index contributed by atoms with van der Waals surface area (Å²) >= 11 is 8.68. The summed E-state index contributed by atoms with van der Waals surface area (Å²) < 4.78 is 12.7. The molecule has 0 aliphatic carbocycles. The third-order valence-corrected chi connectivity index (χ3v) is 4.53. The van der Waals surface area contributed by atoms with Gasteiger partial charge in [-0.15, -0.1) is 11.3 Å². The van der Waals surface area contributed by atoms with Crippen molar-refractivity contribution in [2.24, 2.45) is 0 Å². The second-order valence-electron chi connectivity index (χ2n) is 4.33. The van der Waals surface area contributed by atoms with E-state index in [9.17, 15) is 0 Å². The monoisotopic (exact) mass is 434 g/mol. The molecule has 0 saturated carbocycles. The molecule has 0 atom stereocenters. The number of hydrogen-bond acceptors (Lipinski definition) is 5. The third-order valence-electron chi connectivity index (χ3n) is 2.72. The van der Waals surface area contributed by atoms with E-state index in [-0.39, 0.29) is 0 Å². The summed E-state index contributed by atoms with van der Waals surface area (Å²) in [6.45, 7) is 2.78. The minimum atomic E-state index is 0.464. The SMILES string of the molecule is COCCNCc1cc(Br)c(OCc2cscn2)c(Br)c1. The molecule has 0 fully saturated rings. The van der Waals surface area contributed by atoms with Gasteiger partial charge < -0.3 is 14.8 Å². The summed E-state index contributed by atoms with van der Waals surface area (Å²) in [7, 11) is 1.70. The maximum atomic E-state index is 5.82. The van der Waals surface area contributed by atoms with Crippen LogP contribution in [0.5, 0.6) is 5.75 Å². The Kier molecular flexibility index (Phi) is 7.12. The molecule has 21 heavy (non-hydrogen) atoms. The maximum Gasteiger partial charge on any atom is 0.148 e. The highest BCUT2D eigenvalue weighted by Crippen LogP contribution is 2.35. The molecule has 1 N–H and O–H groups in total. The largest absolute Gasteiger partial charge is 0.485 e. The molecular formula is C14H16Br2N2O2S. The molecule has 1 aromatic heterocycles. The van der Waals surface area contributed by atoms with Crippen molar-refractivity contribution in [1.29, 1.82) is 0 Å². The Hall–Kier alpha value is -0.470. The molecule has 7 heteroatoms. The van der Waals surface area contributed by atoms with Crippen LogP contribution in [-0.2, 0) is 17.9 Å². The summed E-state index contributed by atoms with van der Waals surface area (Å²) in [5.74, 6) is 0.795. The molecule has 0 amide bonds. The summed E-state index contributed by atoms with van der Waals surface area (Å²) in [5, 5.41) is 5.30. The van der Waals surface area contributed by atoms with Crippen molar-refractivity contribution in [3.63, 3.8) is 0 Å². The molecule has 0 bridgehead atoms. The van der Waals surface area contributed by atoms with Gasteiger partial charge in [-0.05, 0) is 49.6 Å². The van der Waals surface area contributed by atoms with Crippen molar-refractivity contribution in [3.8, 4) is 5.75 Å². The Labute approximate surface area is 145 Å². The minimum Gasteiger partial charge on any atom is -0.485 e. The number of methoxy groups -OCH3 is 1. The second-order valence-corrected chi connectivity index (χ2v) is 6.75. The van der Waals surface area contributed by atoms with E-state index in [1.165, 1.54) is 5.56 Å². The Morgan fingerprint density at radius 3 is 2.67 bits per heavy atom. The van der Waals surface area contributed by atoms with Crippen LogP contribution in [0.25, 0.3) is 0 Å². The van der Waals surface area contributed by atoms with Crippen LogP contribution in [0.4, 0.5) is 0 Å². The number of hydrogen-bond donors (Lipinski definition) is 1. The van der Waals surface area contributed by atoms with Crippen molar-refractivity contribution in [2.75, 3.05) is 20.3 Å². The molecule has 1 heterocycles. The molecule has 2 rings (SSSR count). The standard InChI is InChI=1S/C14H16Br2N2O2S/c1-19-3-2-17-6-10-4-12(15)14(13(16)5-10)20-7-11-8-21-9-18-11/h4-5,8-9,17H,2-3,6-7H2,1H3. The van der Waals surface area contributed by atoms with Gasteiger partial charge >= 0.3 is 0 Å². The fourth-order valence-corrected chi connectivity index (χ4v) is 3.77. The van der Waals surface area contributed by atoms with Crippen LogP contribution in [0.2, 0.25) is 0 Å². The summed E-state index contributed by atoms with van der Waals surface area (Å²) in [6.07, 6.45) is 0. The lowest BCUT2D eigenvalue weighted by Gasteiger charge is -2.12. The van der Waals surface area contributed by atoms with Crippen molar-refractivity contribution < 1.29 is 9.47 Å². The van der Waals surface area contributed by atoms with Crippen LogP contribution in [0, 0.1) is 0 Å². The molecule has 4 nitrogen and oxygen atoms in total. The molecular weight excluding hydrogens is 420 g/mol. The highest BCUT2D eigenvalue weighted by Gasteiger charge is 2.10. The first-order chi connectivity index (χ1) is 10.2. The van der Waals surface area contributed by atoms with E-state index in [1.807, 2.05) is 5.38 Å². The first kappa shape index (κ1) is 16.9. The van der Waals surface area contributed by atoms with E-state index in [0.29, 0.717) is 13.2 Å². The highest BCUT2D eigenvalue weighted by atomic mass is 79.9. The van der Waals surface area contributed by atoms with Gasteiger partial charge in [0.05, 0.1) is 26.8 Å². The molecule has 0 unspecified atom stereocenters. The third kappa shape index (κ3) is 5.34. The minimum absolute atomic E-state index is 0.464. The van der Waals surface area contributed by atoms with Crippen LogP contribution >= 0.6 is 43.2 Å². The second kappa shape index (κ2) is 8.85. The lowest BCUT2D eigenvalue weighted by Crippen LogP contribution is -2.18. The predicted octanol–water partition coefficient (Wildman–Crippen LogP) is 3.98. The first-order valence-electron chi connectivity index (χ1n) is 6.38. The van der Waals surface area contributed by atoms with Crippen LogP contribution in [0.1, 0.15) is 11.3 Å². The zero-order valence-corrected chi connectivity index (χ0v) is 15.6. The van der Waals surface area contributed by atoms with Crippen molar-refractivity contribution in [2.45, 2.75) is 13.2 Å². The fourth-order valence-electron chi connectivity index (χ4n) is 1.71. The Morgan fingerprint density at radius 1 is 1.29 bits per heavy atom. The Bertz CT molecular complexity index is 541. The number of benzene rings is 1.